The van der Waals surface area contributed by atoms with Crippen molar-refractivity contribution in [2.24, 2.45) is 0 Å². The van der Waals surface area contributed by atoms with Gasteiger partial charge in [-0.05, 0) is 141 Å². The summed E-state index contributed by atoms with van der Waals surface area (Å²) < 4.78 is 392. The SMILES string of the molecule is [2H]c1c([2H])c([2H])c(-c2c([2H])c([2H])c(-n3c4c([2H])c([2H])c([2H])c5c6c([2H])c([2H])c([2H])c7c8c([2H])c(-c9c([2H])c([2H])c%10c(c9[2H])c9c([2H])c([2H])c([2H])c%11c%12c([2H])c(C)c([2H])c%13c%12c%12c(c([2H])c([2H])c([2H])c%12n%10c%119)n%13-c9c([2H])c([2H])c(-c%10c([2H])c([2H])c([2H])c([2H])c%10[2H])c([2H])c9[2H])c([2H])c([2H])c8n(c8c([2H])c([2H])c([2H])c3c8c54)c67)c([2H])c2[2H])c([2H])c1[2H]. The van der Waals surface area contributed by atoms with Gasteiger partial charge in [0.1, 0.15) is 0 Å². The number of hydrogen-bond donors (Lipinski definition) is 0. The van der Waals surface area contributed by atoms with Crippen LogP contribution in [-0.2, 0) is 0 Å². The van der Waals surface area contributed by atoms with Gasteiger partial charge in [0, 0.05) is 65.2 Å². The summed E-state index contributed by atoms with van der Waals surface area (Å²) >= 11 is 0. The summed E-state index contributed by atoms with van der Waals surface area (Å²) in [5.74, 6) is 0. The van der Waals surface area contributed by atoms with Crippen LogP contribution in [0.25, 0.3) is 165 Å². The fraction of sp³-hybridized carbons (Fsp3) is 0.0137. The lowest BCUT2D eigenvalue weighted by molar-refractivity contribution is 1.18. The van der Waals surface area contributed by atoms with Crippen LogP contribution in [0.15, 0.2) is 248 Å². The van der Waals surface area contributed by atoms with Crippen LogP contribution in [-0.4, -0.2) is 17.9 Å². The molecule has 18 aromatic rings. The van der Waals surface area contributed by atoms with Gasteiger partial charge in [0.2, 0.25) is 0 Å². The molecule has 0 saturated heterocycles. The first-order valence-electron chi connectivity index (χ1n) is 43.9. The van der Waals surface area contributed by atoms with Crippen LogP contribution in [0.3, 0.4) is 0 Å². The van der Waals surface area contributed by atoms with Crippen LogP contribution >= 0.6 is 0 Å². The third-order valence-corrected chi connectivity index (χ3v) is 14.1. The van der Waals surface area contributed by atoms with Crippen LogP contribution in [0.4, 0.5) is 0 Å². The van der Waals surface area contributed by atoms with E-state index in [1.807, 2.05) is 0 Å². The van der Waals surface area contributed by atoms with E-state index in [1.165, 1.54) is 6.92 Å². The Bertz CT molecular complexity index is 7480. The quantitative estimate of drug-likeness (QED) is 0.164. The van der Waals surface area contributed by atoms with Gasteiger partial charge in [-0.2, -0.15) is 0 Å². The molecule has 18 rings (SSSR count). The van der Waals surface area contributed by atoms with Gasteiger partial charge in [0.05, 0.1) is 111 Å². The molecule has 77 heavy (non-hydrogen) atoms. The van der Waals surface area contributed by atoms with Crippen LogP contribution in [0.1, 0.15) is 61.8 Å². The van der Waals surface area contributed by atoms with E-state index in [1.54, 1.807) is 0 Å². The summed E-state index contributed by atoms with van der Waals surface area (Å²) in [4.78, 5) is 0. The third-order valence-electron chi connectivity index (χ3n) is 14.1. The third kappa shape index (κ3) is 5.45. The van der Waals surface area contributed by atoms with E-state index in [-0.39, 0.29) is 10.9 Å². The smallest absolute Gasteiger partial charge is 0.0648 e. The second-order valence-electron chi connectivity index (χ2n) is 18.0. The first kappa shape index (κ1) is 18.6. The van der Waals surface area contributed by atoms with Crippen molar-refractivity contribution >= 4 is 120 Å². The molecule has 0 N–H and O–H groups in total. The van der Waals surface area contributed by atoms with Crippen molar-refractivity contribution in [2.75, 3.05) is 0 Å². The van der Waals surface area contributed by atoms with Gasteiger partial charge in [-0.3, -0.25) is 0 Å². The Morgan fingerprint density at radius 3 is 1.14 bits per heavy atom. The second kappa shape index (κ2) is 15.0. The minimum Gasteiger partial charge on any atom is -0.309 e. The van der Waals surface area contributed by atoms with Crippen molar-refractivity contribution in [3.63, 3.8) is 0 Å². The fourth-order valence-electron chi connectivity index (χ4n) is 11.0. The minimum absolute atomic E-state index is 0.270. The predicted molar refractivity (Wildman–Crippen MR) is 325 cm³/mol. The number of benzene rings is 12. The Labute approximate surface area is 499 Å². The summed E-state index contributed by atoms with van der Waals surface area (Å²) in [5.41, 5.74) is -12.9. The number of rotatable bonds is 5. The lowest BCUT2D eigenvalue weighted by atomic mass is 9.99. The Balaban J connectivity index is 1.00. The first-order valence-corrected chi connectivity index (χ1v) is 23.4. The standard InChI is InChI=1S/C73H44N4/c1-43-39-59-56-21-9-20-55-58-42-49(32-38-61(58)77(73(55)56)66-26-12-24-64-71(66)69(59)67(40-43)75(64)51-35-29-47(30-36-51)45-15-6-3-7-16-45)48-31-37-60-57(41-48)54-19-8-18-53-52-17-10-22-62-68(52)70-63(23-11-25-65(70)76(60)72(53)54)74(62)50-33-27-46(28-34-50)44-13-4-2-5-14-44/h2-42H,1H3/i2D,3D,4D,5D,6D,7D,8D,9D,10D,11D,12D,13D,14D,15D,16D,17D,18D,19D,20D,21D,22D,23D,24D,25D,26D,27D,28D,29D,30D,31D,32D,33D,34D,35D,36D,37D,38D,39D,40D,41D,42D. The summed E-state index contributed by atoms with van der Waals surface area (Å²) in [5, 5.41) is -6.45. The lowest BCUT2D eigenvalue weighted by Crippen LogP contribution is -1.95. The Kier molecular flexibility index (Phi) is 3.62. The van der Waals surface area contributed by atoms with Crippen molar-refractivity contribution in [3.8, 4) is 44.8 Å². The van der Waals surface area contributed by atoms with Crippen molar-refractivity contribution in [3.05, 3.63) is 253 Å². The van der Waals surface area contributed by atoms with Crippen LogP contribution in [0, 0.1) is 6.92 Å². The molecule has 0 aliphatic heterocycles. The molecule has 12 aromatic carbocycles. The molecule has 4 nitrogen and oxygen atoms in total. The first-order chi connectivity index (χ1) is 55.2. The normalized spacial score (nSPS) is 19.9. The summed E-state index contributed by atoms with van der Waals surface area (Å²) in [6.45, 7) is 1.26. The molecule has 0 aliphatic carbocycles. The van der Waals surface area contributed by atoms with Crippen molar-refractivity contribution in [2.45, 2.75) is 6.92 Å². The van der Waals surface area contributed by atoms with E-state index >= 15 is 0 Å². The highest BCUT2D eigenvalue weighted by Gasteiger charge is 2.25. The molecule has 0 saturated carbocycles. The molecule has 0 aliphatic rings. The van der Waals surface area contributed by atoms with Gasteiger partial charge in [-0.15, -0.1) is 0 Å². The summed E-state index contributed by atoms with van der Waals surface area (Å²) in [7, 11) is 0. The number of para-hydroxylation sites is 2. The molecule has 0 atom stereocenters. The maximum absolute atomic E-state index is 10.5. The minimum atomic E-state index is -1.12. The highest BCUT2D eigenvalue weighted by atomic mass is 15.0. The molecule has 6 aromatic heterocycles. The zero-order valence-electron chi connectivity index (χ0n) is 79.8. The van der Waals surface area contributed by atoms with E-state index in [0.717, 1.165) is 17.9 Å². The molecule has 356 valence electrons. The number of aromatic nitrogens is 4. The van der Waals surface area contributed by atoms with Gasteiger partial charge in [-0.25, -0.2) is 0 Å². The lowest BCUT2D eigenvalue weighted by Gasteiger charge is -2.11. The molecule has 0 unspecified atom stereocenters. The largest absolute Gasteiger partial charge is 0.309 e. The highest BCUT2D eigenvalue weighted by Crippen LogP contribution is 2.48. The van der Waals surface area contributed by atoms with Gasteiger partial charge < -0.3 is 17.9 Å². The van der Waals surface area contributed by atoms with Crippen LogP contribution < -0.4 is 0 Å². The predicted octanol–water partition coefficient (Wildman–Crippen LogP) is 19.5. The molecular weight excluding hydrogens is 933 g/mol. The Morgan fingerprint density at radius 2 is 0.623 bits per heavy atom. The maximum Gasteiger partial charge on any atom is 0.0648 e. The van der Waals surface area contributed by atoms with Crippen molar-refractivity contribution in [1.29, 1.82) is 0 Å². The highest BCUT2D eigenvalue weighted by molar-refractivity contribution is 6.33. The molecule has 0 fully saturated rings. The number of fused-ring (bicyclic) bond motifs is 10. The van der Waals surface area contributed by atoms with Crippen LogP contribution in [0.5, 0.6) is 0 Å². The Morgan fingerprint density at radius 1 is 0.247 bits per heavy atom. The van der Waals surface area contributed by atoms with Gasteiger partial charge >= 0.3 is 0 Å². The van der Waals surface area contributed by atoms with Crippen molar-refractivity contribution in [1.82, 2.24) is 17.9 Å². The van der Waals surface area contributed by atoms with E-state index in [4.69, 9.17) is 13.7 Å². The van der Waals surface area contributed by atoms with Gasteiger partial charge in [-0.1, -0.05) is 163 Å². The maximum atomic E-state index is 10.5. The summed E-state index contributed by atoms with van der Waals surface area (Å²) in [6, 6.07) is -39.3. The zero-order valence-corrected chi connectivity index (χ0v) is 38.8. The van der Waals surface area contributed by atoms with Crippen LogP contribution in [0.2, 0.25) is 0 Å². The molecule has 0 radical (unpaired) electrons. The topological polar surface area (TPSA) is 18.7 Å². The second-order valence-corrected chi connectivity index (χ2v) is 18.0. The fourth-order valence-corrected chi connectivity index (χ4v) is 11.0. The molecule has 0 amide bonds. The number of nitrogens with zero attached hydrogens (tertiary/aromatic N) is 4. The average Bonchev–Trinajstić information content (AvgIpc) is 1.50. The van der Waals surface area contributed by atoms with E-state index in [9.17, 15) is 42.5 Å². The molecule has 6 heterocycles. The molecule has 0 spiro atoms. The van der Waals surface area contributed by atoms with Gasteiger partial charge in [0.25, 0.3) is 0 Å². The van der Waals surface area contributed by atoms with E-state index in [0.29, 0.717) is 0 Å². The zero-order chi connectivity index (χ0) is 85.9. The molecule has 4 heteroatoms. The molecular formula is C73H44N4. The van der Waals surface area contributed by atoms with Crippen molar-refractivity contribution < 1.29 is 56.2 Å². The summed E-state index contributed by atoms with van der Waals surface area (Å²) in [6.07, 6.45) is 0. The van der Waals surface area contributed by atoms with E-state index in [2.05, 4.69) is 0 Å². The molecule has 0 bridgehead atoms. The number of hydrogen-bond acceptors (Lipinski definition) is 0. The van der Waals surface area contributed by atoms with E-state index < -0.39 is 407 Å². The Hall–Kier alpha value is -10.2. The monoisotopic (exact) mass is 1020 g/mol. The average molecular weight is 1020 g/mol. The van der Waals surface area contributed by atoms with Gasteiger partial charge in [0.15, 0.2) is 0 Å².